The summed E-state index contributed by atoms with van der Waals surface area (Å²) in [6, 6.07) is 8.52. The van der Waals surface area contributed by atoms with Crippen LogP contribution in [0.4, 0.5) is 0 Å². The normalized spacial score (nSPS) is 21.5. The van der Waals surface area contributed by atoms with E-state index in [1.165, 1.54) is 7.11 Å². The maximum absolute atomic E-state index is 12.7. The van der Waals surface area contributed by atoms with E-state index >= 15 is 0 Å². The van der Waals surface area contributed by atoms with Crippen LogP contribution in [0.25, 0.3) is 0 Å². The number of amides is 1. The summed E-state index contributed by atoms with van der Waals surface area (Å²) in [6.07, 6.45) is -0.0677. The molecule has 1 heterocycles. The minimum atomic E-state index is -1.59. The number of aliphatic hydroxyl groups is 1. The molecule has 118 valence electrons. The Balaban J connectivity index is 2.45. The van der Waals surface area contributed by atoms with Crippen molar-refractivity contribution in [2.24, 2.45) is 10.5 Å². The van der Waals surface area contributed by atoms with Crippen molar-refractivity contribution in [2.75, 3.05) is 7.11 Å². The number of methoxy groups -OCH3 is 1. The summed E-state index contributed by atoms with van der Waals surface area (Å²) in [7, 11) is 1.24. The summed E-state index contributed by atoms with van der Waals surface area (Å²) in [5, 5.41) is 16.0. The van der Waals surface area contributed by atoms with Gasteiger partial charge in [-0.25, -0.2) is 4.79 Å². The molecule has 0 fully saturated rings. The highest BCUT2D eigenvalue weighted by atomic mass is 16.5. The molecule has 1 unspecified atom stereocenters. The minimum absolute atomic E-state index is 0.0317. The molecule has 1 aliphatic rings. The topological polar surface area (TPSA) is 79.2 Å². The predicted molar refractivity (Wildman–Crippen MR) is 81.1 cm³/mol. The Morgan fingerprint density at radius 1 is 1.27 bits per heavy atom. The molecule has 1 aromatic carbocycles. The summed E-state index contributed by atoms with van der Waals surface area (Å²) in [4.78, 5) is 24.4. The first kappa shape index (κ1) is 16.2. The highest BCUT2D eigenvalue weighted by Crippen LogP contribution is 2.41. The standard InChI is InChI=1S/C16H20N2O4/c1-15(2,3)16(21)10-12(14(20)22-4)17-18(16)13(19)11-8-6-5-7-9-11/h5-9,21H,10H2,1-4H3. The van der Waals surface area contributed by atoms with Gasteiger partial charge in [0.15, 0.2) is 11.4 Å². The summed E-state index contributed by atoms with van der Waals surface area (Å²) in [6.45, 7) is 5.36. The lowest BCUT2D eigenvalue weighted by atomic mass is 9.80. The minimum Gasteiger partial charge on any atom is -0.464 e. The molecule has 1 aromatic rings. The highest BCUT2D eigenvalue weighted by Gasteiger charge is 2.54. The van der Waals surface area contributed by atoms with Crippen LogP contribution in [0.2, 0.25) is 0 Å². The quantitative estimate of drug-likeness (QED) is 0.845. The zero-order valence-corrected chi connectivity index (χ0v) is 13.2. The molecule has 1 atom stereocenters. The van der Waals surface area contributed by atoms with Gasteiger partial charge in [-0.1, -0.05) is 39.0 Å². The Kier molecular flexibility index (Phi) is 4.06. The molecule has 1 aliphatic heterocycles. The number of hydrazone groups is 1. The molecular formula is C16H20N2O4. The third-order valence-corrected chi connectivity index (χ3v) is 3.82. The van der Waals surface area contributed by atoms with Gasteiger partial charge in [-0.3, -0.25) is 4.79 Å². The van der Waals surface area contributed by atoms with E-state index in [-0.39, 0.29) is 12.1 Å². The van der Waals surface area contributed by atoms with E-state index in [0.29, 0.717) is 5.56 Å². The zero-order valence-electron chi connectivity index (χ0n) is 13.2. The summed E-state index contributed by atoms with van der Waals surface area (Å²) in [5.41, 5.74) is -1.87. The van der Waals surface area contributed by atoms with Gasteiger partial charge < -0.3 is 9.84 Å². The number of ether oxygens (including phenoxy) is 1. The lowest BCUT2D eigenvalue weighted by Crippen LogP contribution is -2.55. The maximum atomic E-state index is 12.7. The molecular weight excluding hydrogens is 284 g/mol. The second kappa shape index (κ2) is 5.53. The van der Waals surface area contributed by atoms with Crippen molar-refractivity contribution in [3.63, 3.8) is 0 Å². The Morgan fingerprint density at radius 3 is 2.36 bits per heavy atom. The second-order valence-corrected chi connectivity index (χ2v) is 6.26. The molecule has 0 saturated heterocycles. The van der Waals surface area contributed by atoms with Crippen LogP contribution in [0.1, 0.15) is 37.6 Å². The van der Waals surface area contributed by atoms with E-state index in [2.05, 4.69) is 9.84 Å². The van der Waals surface area contributed by atoms with E-state index in [1.54, 1.807) is 51.1 Å². The molecule has 0 bridgehead atoms. The largest absolute Gasteiger partial charge is 0.464 e. The SMILES string of the molecule is COC(=O)C1=NN(C(=O)c2ccccc2)C(O)(C(C)(C)C)C1. The average molecular weight is 304 g/mol. The molecule has 0 aromatic heterocycles. The van der Waals surface area contributed by atoms with Crippen LogP contribution in [0, 0.1) is 5.41 Å². The van der Waals surface area contributed by atoms with Gasteiger partial charge >= 0.3 is 5.97 Å². The van der Waals surface area contributed by atoms with Gasteiger partial charge in [0.2, 0.25) is 0 Å². The van der Waals surface area contributed by atoms with E-state index in [0.717, 1.165) is 5.01 Å². The number of hydrogen-bond donors (Lipinski definition) is 1. The first-order valence-electron chi connectivity index (χ1n) is 6.98. The van der Waals surface area contributed by atoms with Crippen LogP contribution in [0.15, 0.2) is 35.4 Å². The fourth-order valence-corrected chi connectivity index (χ4v) is 2.28. The maximum Gasteiger partial charge on any atom is 0.354 e. The predicted octanol–water partition coefficient (Wildman–Crippen LogP) is 1.80. The van der Waals surface area contributed by atoms with Crippen molar-refractivity contribution in [2.45, 2.75) is 32.9 Å². The fourth-order valence-electron chi connectivity index (χ4n) is 2.28. The van der Waals surface area contributed by atoms with E-state index < -0.39 is 23.0 Å². The Bertz CT molecular complexity index is 619. The number of carbonyl (C=O) groups excluding carboxylic acids is 2. The van der Waals surface area contributed by atoms with Gasteiger partial charge in [0.05, 0.1) is 7.11 Å². The van der Waals surface area contributed by atoms with Crippen LogP contribution >= 0.6 is 0 Å². The van der Waals surface area contributed by atoms with Crippen LogP contribution in [0.5, 0.6) is 0 Å². The lowest BCUT2D eigenvalue weighted by Gasteiger charge is -2.41. The van der Waals surface area contributed by atoms with Gasteiger partial charge in [-0.05, 0) is 12.1 Å². The lowest BCUT2D eigenvalue weighted by molar-refractivity contribution is -0.144. The number of hydrogen-bond acceptors (Lipinski definition) is 5. The van der Waals surface area contributed by atoms with Crippen LogP contribution in [-0.4, -0.2) is 40.5 Å². The zero-order chi connectivity index (χ0) is 16.5. The molecule has 0 radical (unpaired) electrons. The first-order chi connectivity index (χ1) is 10.2. The van der Waals surface area contributed by atoms with Crippen LogP contribution < -0.4 is 0 Å². The highest BCUT2D eigenvalue weighted by molar-refractivity contribution is 6.37. The van der Waals surface area contributed by atoms with Crippen molar-refractivity contribution >= 4 is 17.6 Å². The van der Waals surface area contributed by atoms with Gasteiger partial charge in [-0.15, -0.1) is 0 Å². The Morgan fingerprint density at radius 2 is 1.86 bits per heavy atom. The molecule has 1 amide bonds. The van der Waals surface area contributed by atoms with E-state index in [1.807, 2.05) is 0 Å². The molecule has 0 aliphatic carbocycles. The van der Waals surface area contributed by atoms with Gasteiger partial charge in [0, 0.05) is 17.4 Å². The van der Waals surface area contributed by atoms with Gasteiger partial charge in [0.25, 0.3) is 5.91 Å². The third-order valence-electron chi connectivity index (χ3n) is 3.82. The summed E-state index contributed by atoms with van der Waals surface area (Å²) in [5.74, 6) is -1.11. The number of esters is 1. The molecule has 1 N–H and O–H groups in total. The van der Waals surface area contributed by atoms with Crippen molar-refractivity contribution in [3.05, 3.63) is 35.9 Å². The smallest absolute Gasteiger partial charge is 0.354 e. The van der Waals surface area contributed by atoms with Crippen molar-refractivity contribution in [1.29, 1.82) is 0 Å². The summed E-state index contributed by atoms with van der Waals surface area (Å²) >= 11 is 0. The number of carbonyl (C=O) groups is 2. The van der Waals surface area contributed by atoms with Crippen molar-refractivity contribution < 1.29 is 19.4 Å². The molecule has 2 rings (SSSR count). The average Bonchev–Trinajstić information content (AvgIpc) is 2.85. The third kappa shape index (κ3) is 2.62. The fraction of sp³-hybridized carbons (Fsp3) is 0.438. The number of rotatable bonds is 2. The van der Waals surface area contributed by atoms with Crippen LogP contribution in [0.3, 0.4) is 0 Å². The molecule has 6 nitrogen and oxygen atoms in total. The molecule has 0 saturated carbocycles. The first-order valence-corrected chi connectivity index (χ1v) is 6.98. The molecule has 6 heteroatoms. The van der Waals surface area contributed by atoms with Crippen molar-refractivity contribution in [3.8, 4) is 0 Å². The number of benzene rings is 1. The van der Waals surface area contributed by atoms with E-state index in [9.17, 15) is 14.7 Å². The van der Waals surface area contributed by atoms with E-state index in [4.69, 9.17) is 0 Å². The van der Waals surface area contributed by atoms with Gasteiger partial charge in [0.1, 0.15) is 0 Å². The molecule has 0 spiro atoms. The van der Waals surface area contributed by atoms with Gasteiger partial charge in [-0.2, -0.15) is 10.1 Å². The number of nitrogens with zero attached hydrogens (tertiary/aromatic N) is 2. The molecule has 22 heavy (non-hydrogen) atoms. The monoisotopic (exact) mass is 304 g/mol. The van der Waals surface area contributed by atoms with Crippen molar-refractivity contribution in [1.82, 2.24) is 5.01 Å². The Hall–Kier alpha value is -2.21. The second-order valence-electron chi connectivity index (χ2n) is 6.26. The Labute approximate surface area is 129 Å². The summed E-state index contributed by atoms with van der Waals surface area (Å²) < 4.78 is 4.66. The van der Waals surface area contributed by atoms with Crippen LogP contribution in [-0.2, 0) is 9.53 Å².